The van der Waals surface area contributed by atoms with Gasteiger partial charge in [0.1, 0.15) is 0 Å². The predicted octanol–water partition coefficient (Wildman–Crippen LogP) is 4.56. The van der Waals surface area contributed by atoms with Gasteiger partial charge in [-0.2, -0.15) is 5.26 Å². The molecule has 0 aromatic carbocycles. The Morgan fingerprint density at radius 3 is 2.44 bits per heavy atom. The Morgan fingerprint density at radius 2 is 2.06 bits per heavy atom. The third kappa shape index (κ3) is 6.03. The third-order valence-corrected chi connectivity index (χ3v) is 2.59. The highest BCUT2D eigenvalue weighted by molar-refractivity contribution is 5.21. The summed E-state index contributed by atoms with van der Waals surface area (Å²) in [6.45, 7) is 12.8. The lowest BCUT2D eigenvalue weighted by molar-refractivity contribution is 0.391. The number of allylic oxidation sites excluding steroid dienone is 5. The number of rotatable bonds is 5. The maximum Gasteiger partial charge on any atom is 0.0587 e. The summed E-state index contributed by atoms with van der Waals surface area (Å²) >= 11 is 0. The Labute approximate surface area is 99.5 Å². The van der Waals surface area contributed by atoms with Gasteiger partial charge < -0.3 is 0 Å². The van der Waals surface area contributed by atoms with Gasteiger partial charge in [-0.15, -0.1) is 0 Å². The normalized spacial score (nSPS) is 15.2. The molecule has 0 amide bonds. The van der Waals surface area contributed by atoms with Crippen LogP contribution in [-0.4, -0.2) is 0 Å². The zero-order valence-electron chi connectivity index (χ0n) is 10.2. The van der Waals surface area contributed by atoms with E-state index in [0.717, 1.165) is 12.3 Å². The molecule has 0 aromatic rings. The van der Waals surface area contributed by atoms with Crippen LogP contribution in [0.25, 0.3) is 0 Å². The average molecular weight is 215 g/mol. The van der Waals surface area contributed by atoms with Gasteiger partial charge in [-0.25, -0.2) is 0 Å². The van der Waals surface area contributed by atoms with Crippen molar-refractivity contribution in [2.45, 2.75) is 32.6 Å². The predicted molar refractivity (Wildman–Crippen MR) is 70.9 cm³/mol. The van der Waals surface area contributed by atoms with Crippen molar-refractivity contribution in [2.24, 2.45) is 5.92 Å². The first-order valence-electron chi connectivity index (χ1n) is 5.59. The number of hydrogen-bond acceptors (Lipinski definition) is 1. The highest BCUT2D eigenvalue weighted by Crippen LogP contribution is 2.35. The van der Waals surface area contributed by atoms with Crippen LogP contribution in [0.1, 0.15) is 32.6 Å². The van der Waals surface area contributed by atoms with Crippen LogP contribution in [-0.2, 0) is 0 Å². The van der Waals surface area contributed by atoms with Crippen molar-refractivity contribution in [1.82, 2.24) is 0 Å². The Hall–Kier alpha value is -1.55. The first-order chi connectivity index (χ1) is 7.67. The molecule has 0 aromatic heterocycles. The van der Waals surface area contributed by atoms with Gasteiger partial charge in [-0.1, -0.05) is 43.5 Å². The van der Waals surface area contributed by atoms with E-state index in [0.29, 0.717) is 0 Å². The Morgan fingerprint density at radius 1 is 1.50 bits per heavy atom. The lowest BCUT2D eigenvalue weighted by Crippen LogP contribution is -2.13. The number of nitriles is 1. The summed E-state index contributed by atoms with van der Waals surface area (Å²) in [6.07, 6.45) is 10.7. The largest absolute Gasteiger partial charge is 0.199 e. The van der Waals surface area contributed by atoms with E-state index in [4.69, 9.17) is 5.26 Å². The van der Waals surface area contributed by atoms with Crippen LogP contribution in [0.15, 0.2) is 49.1 Å². The fourth-order valence-corrected chi connectivity index (χ4v) is 1.74. The maximum absolute atomic E-state index is 7.32. The molecule has 0 heterocycles. The molecule has 0 aliphatic heterocycles. The highest BCUT2D eigenvalue weighted by Gasteiger charge is 2.20. The topological polar surface area (TPSA) is 23.8 Å². The molecule has 16 heavy (non-hydrogen) atoms. The quantitative estimate of drug-likeness (QED) is 0.487. The van der Waals surface area contributed by atoms with E-state index >= 15 is 0 Å². The van der Waals surface area contributed by atoms with Gasteiger partial charge in [0.25, 0.3) is 0 Å². The summed E-state index contributed by atoms with van der Waals surface area (Å²) in [5.74, 6) is 0.876. The first kappa shape index (κ1) is 14.5. The minimum Gasteiger partial charge on any atom is -0.199 e. The second-order valence-corrected chi connectivity index (χ2v) is 3.97. The molecule has 0 N–H and O–H groups in total. The summed E-state index contributed by atoms with van der Waals surface area (Å²) in [4.78, 5) is 0. The van der Waals surface area contributed by atoms with E-state index < -0.39 is 0 Å². The van der Waals surface area contributed by atoms with E-state index in [1.54, 1.807) is 6.07 Å². The van der Waals surface area contributed by atoms with Crippen molar-refractivity contribution in [3.05, 3.63) is 49.1 Å². The minimum atomic E-state index is 0.876. The zero-order chi connectivity index (χ0) is 12.4. The van der Waals surface area contributed by atoms with Crippen molar-refractivity contribution >= 4 is 0 Å². The standard InChI is InChI=1S/C13H18.C2H3N/c1-4-6-12(5-2)7-8-13-9-11(3)10-13;1-2-3/h4-6,13H,1-3,7-10H2;1H3/b12-6+;. The van der Waals surface area contributed by atoms with Gasteiger partial charge in [-0.3, -0.25) is 0 Å². The molecule has 0 unspecified atom stereocenters. The second kappa shape index (κ2) is 8.73. The average Bonchev–Trinajstić information content (AvgIpc) is 2.22. The molecule has 86 valence electrons. The molecule has 0 saturated heterocycles. The lowest BCUT2D eigenvalue weighted by atomic mass is 9.78. The SMILES string of the molecule is C=C/C=C(\C=C)CCC1CC(=C)C1.CC#N. The van der Waals surface area contributed by atoms with Crippen LogP contribution in [0.2, 0.25) is 0 Å². The maximum atomic E-state index is 7.32. The van der Waals surface area contributed by atoms with Crippen LogP contribution in [0.3, 0.4) is 0 Å². The summed E-state index contributed by atoms with van der Waals surface area (Å²) in [5, 5.41) is 7.32. The molecular weight excluding hydrogens is 194 g/mol. The van der Waals surface area contributed by atoms with Gasteiger partial charge >= 0.3 is 0 Å². The molecule has 1 saturated carbocycles. The van der Waals surface area contributed by atoms with Gasteiger partial charge in [0.15, 0.2) is 0 Å². The van der Waals surface area contributed by atoms with Crippen molar-refractivity contribution in [3.63, 3.8) is 0 Å². The van der Waals surface area contributed by atoms with Gasteiger partial charge in [0, 0.05) is 6.92 Å². The Bertz CT molecular complexity index is 307. The fraction of sp³-hybridized carbons (Fsp3) is 0.400. The van der Waals surface area contributed by atoms with Crippen molar-refractivity contribution in [1.29, 1.82) is 5.26 Å². The lowest BCUT2D eigenvalue weighted by Gasteiger charge is -2.28. The summed E-state index contributed by atoms with van der Waals surface area (Å²) < 4.78 is 0. The molecular formula is C15H21N. The molecule has 1 rings (SSSR count). The first-order valence-corrected chi connectivity index (χ1v) is 5.59. The number of hydrogen-bond donors (Lipinski definition) is 0. The van der Waals surface area contributed by atoms with Gasteiger partial charge in [0.2, 0.25) is 0 Å². The second-order valence-electron chi connectivity index (χ2n) is 3.97. The molecule has 1 aliphatic carbocycles. The number of nitrogens with zero attached hydrogens (tertiary/aromatic N) is 1. The van der Waals surface area contributed by atoms with Crippen LogP contribution < -0.4 is 0 Å². The van der Waals surface area contributed by atoms with E-state index in [1.165, 1.54) is 37.3 Å². The van der Waals surface area contributed by atoms with Crippen LogP contribution in [0.5, 0.6) is 0 Å². The van der Waals surface area contributed by atoms with Crippen molar-refractivity contribution in [2.75, 3.05) is 0 Å². The van der Waals surface area contributed by atoms with Gasteiger partial charge in [0.05, 0.1) is 6.07 Å². The van der Waals surface area contributed by atoms with E-state index in [9.17, 15) is 0 Å². The third-order valence-electron chi connectivity index (χ3n) is 2.59. The fourth-order valence-electron chi connectivity index (χ4n) is 1.74. The van der Waals surface area contributed by atoms with Crippen LogP contribution >= 0.6 is 0 Å². The minimum absolute atomic E-state index is 0.876. The zero-order valence-corrected chi connectivity index (χ0v) is 10.2. The van der Waals surface area contributed by atoms with E-state index in [2.05, 4.69) is 19.7 Å². The Balaban J connectivity index is 0.000000673. The van der Waals surface area contributed by atoms with Crippen LogP contribution in [0.4, 0.5) is 0 Å². The molecule has 1 nitrogen and oxygen atoms in total. The molecule has 0 atom stereocenters. The smallest absolute Gasteiger partial charge is 0.0587 e. The van der Waals surface area contributed by atoms with Gasteiger partial charge in [-0.05, 0) is 37.2 Å². The van der Waals surface area contributed by atoms with E-state index in [-0.39, 0.29) is 0 Å². The van der Waals surface area contributed by atoms with E-state index in [1.807, 2.05) is 18.2 Å². The van der Waals surface area contributed by atoms with Crippen molar-refractivity contribution in [3.8, 4) is 6.07 Å². The molecule has 0 bridgehead atoms. The summed E-state index contributed by atoms with van der Waals surface area (Å²) in [7, 11) is 0. The Kier molecular flexibility index (Phi) is 7.89. The monoisotopic (exact) mass is 215 g/mol. The van der Waals surface area contributed by atoms with Crippen molar-refractivity contribution < 1.29 is 0 Å². The molecule has 1 heteroatoms. The molecule has 0 radical (unpaired) electrons. The summed E-state index contributed by atoms with van der Waals surface area (Å²) in [6, 6.07) is 1.75. The molecule has 0 spiro atoms. The molecule has 1 aliphatic rings. The summed E-state index contributed by atoms with van der Waals surface area (Å²) in [5.41, 5.74) is 2.71. The van der Waals surface area contributed by atoms with Crippen LogP contribution in [0, 0.1) is 17.2 Å². The molecule has 1 fully saturated rings. The highest BCUT2D eigenvalue weighted by atomic mass is 14.3.